The number of hydrogen-bond donors (Lipinski definition) is 1. The van der Waals surface area contributed by atoms with E-state index in [1.807, 2.05) is 12.1 Å². The Hall–Kier alpha value is -4.23. The fourth-order valence-corrected chi connectivity index (χ4v) is 2.56. The molecule has 0 unspecified atom stereocenters. The van der Waals surface area contributed by atoms with Crippen LogP contribution in [-0.4, -0.2) is 9.91 Å². The van der Waals surface area contributed by atoms with Gasteiger partial charge in [0.25, 0.3) is 5.69 Å². The summed E-state index contributed by atoms with van der Waals surface area (Å²) < 4.78 is 0. The van der Waals surface area contributed by atoms with Gasteiger partial charge in [-0.15, -0.1) is 0 Å². The summed E-state index contributed by atoms with van der Waals surface area (Å²) in [4.78, 5) is 14.8. The van der Waals surface area contributed by atoms with Gasteiger partial charge in [0.15, 0.2) is 0 Å². The molecule has 26 heavy (non-hydrogen) atoms. The molecular weight excluding hydrogens is 330 g/mol. The number of nitrogens with two attached hydrogens (primary N) is 1. The molecule has 2 aromatic carbocycles. The van der Waals surface area contributed by atoms with E-state index in [9.17, 15) is 15.4 Å². The minimum Gasteiger partial charge on any atom is -0.383 e. The molecule has 124 valence electrons. The molecule has 2 N–H and O–H groups in total. The number of hydrogen-bond acceptors (Lipinski definition) is 6. The van der Waals surface area contributed by atoms with Gasteiger partial charge in [-0.3, -0.25) is 10.1 Å². The maximum atomic E-state index is 11.0. The van der Waals surface area contributed by atoms with Crippen molar-refractivity contribution in [2.75, 3.05) is 5.73 Å². The van der Waals surface area contributed by atoms with Gasteiger partial charge in [0.2, 0.25) is 0 Å². The Morgan fingerprint density at radius 2 is 1.73 bits per heavy atom. The summed E-state index contributed by atoms with van der Waals surface area (Å²) in [6, 6.07) is 18.4. The van der Waals surface area contributed by atoms with E-state index in [0.717, 1.165) is 0 Å². The highest BCUT2D eigenvalue weighted by Crippen LogP contribution is 2.32. The molecule has 0 saturated heterocycles. The van der Waals surface area contributed by atoms with E-state index in [1.54, 1.807) is 42.5 Å². The van der Waals surface area contributed by atoms with Crippen molar-refractivity contribution in [1.29, 1.82) is 10.5 Å². The lowest BCUT2D eigenvalue weighted by atomic mass is 9.98. The van der Waals surface area contributed by atoms with Crippen molar-refractivity contribution in [3.63, 3.8) is 0 Å². The first-order valence-corrected chi connectivity index (χ1v) is 7.49. The lowest BCUT2D eigenvalue weighted by Gasteiger charge is -2.10. The average Bonchev–Trinajstić information content (AvgIpc) is 2.67. The summed E-state index contributed by atoms with van der Waals surface area (Å²) in [5, 5.41) is 29.4. The van der Waals surface area contributed by atoms with Crippen LogP contribution in [0.3, 0.4) is 0 Å². The minimum absolute atomic E-state index is 0.0378. The second-order valence-electron chi connectivity index (χ2n) is 5.42. The number of anilines is 1. The first-order valence-electron chi connectivity index (χ1n) is 7.49. The van der Waals surface area contributed by atoms with E-state index >= 15 is 0 Å². The number of non-ortho nitro benzene ring substituents is 1. The molecule has 0 spiro atoms. The Labute approximate surface area is 148 Å². The molecule has 0 amide bonds. The van der Waals surface area contributed by atoms with Crippen LogP contribution in [0, 0.1) is 32.8 Å². The number of pyridine rings is 1. The molecule has 7 heteroatoms. The molecule has 0 saturated carbocycles. The number of benzene rings is 2. The van der Waals surface area contributed by atoms with Gasteiger partial charge in [-0.1, -0.05) is 24.3 Å². The summed E-state index contributed by atoms with van der Waals surface area (Å²) in [6.45, 7) is 0. The summed E-state index contributed by atoms with van der Waals surface area (Å²) in [5.41, 5.74) is 8.71. The fraction of sp³-hybridized carbons (Fsp3) is 0. The molecule has 0 aliphatic carbocycles. The van der Waals surface area contributed by atoms with Crippen LogP contribution < -0.4 is 5.73 Å². The predicted molar refractivity (Wildman–Crippen MR) is 95.6 cm³/mol. The highest BCUT2D eigenvalue weighted by molar-refractivity contribution is 5.81. The zero-order chi connectivity index (χ0) is 18.7. The van der Waals surface area contributed by atoms with Gasteiger partial charge >= 0.3 is 0 Å². The number of nitro groups is 1. The van der Waals surface area contributed by atoms with Crippen molar-refractivity contribution in [3.8, 4) is 34.5 Å². The van der Waals surface area contributed by atoms with E-state index in [-0.39, 0.29) is 17.1 Å². The summed E-state index contributed by atoms with van der Waals surface area (Å²) >= 11 is 0. The molecule has 0 radical (unpaired) electrons. The maximum absolute atomic E-state index is 11.0. The number of nitriles is 2. The van der Waals surface area contributed by atoms with Crippen molar-refractivity contribution in [3.05, 3.63) is 75.8 Å². The summed E-state index contributed by atoms with van der Waals surface area (Å²) in [5.74, 6) is 0.0378. The van der Waals surface area contributed by atoms with Crippen molar-refractivity contribution in [2.45, 2.75) is 0 Å². The van der Waals surface area contributed by atoms with Crippen LogP contribution in [-0.2, 0) is 0 Å². The van der Waals surface area contributed by atoms with E-state index < -0.39 is 4.92 Å². The molecule has 0 aliphatic rings. The van der Waals surface area contributed by atoms with Crippen LogP contribution in [0.2, 0.25) is 0 Å². The Balaban J connectivity index is 2.20. The first-order chi connectivity index (χ1) is 12.5. The van der Waals surface area contributed by atoms with E-state index in [4.69, 9.17) is 11.0 Å². The topological polar surface area (TPSA) is 130 Å². The monoisotopic (exact) mass is 341 g/mol. The Bertz CT molecular complexity index is 1090. The standard InChI is InChI=1S/C19H11N5O2/c20-10-12-4-6-13(7-5-12)18-9-16(17(11-21)19(22)23-18)14-2-1-3-15(8-14)24(25)26/h1-9H,(H2,22,23). The quantitative estimate of drug-likeness (QED) is 0.571. The average molecular weight is 341 g/mol. The van der Waals surface area contributed by atoms with Gasteiger partial charge in [-0.2, -0.15) is 10.5 Å². The number of rotatable bonds is 3. The predicted octanol–water partition coefficient (Wildman–Crippen LogP) is 3.65. The van der Waals surface area contributed by atoms with Crippen molar-refractivity contribution in [2.24, 2.45) is 0 Å². The summed E-state index contributed by atoms with van der Waals surface area (Å²) in [7, 11) is 0. The maximum Gasteiger partial charge on any atom is 0.270 e. The molecule has 7 nitrogen and oxygen atoms in total. The highest BCUT2D eigenvalue weighted by Gasteiger charge is 2.15. The number of nitrogens with zero attached hydrogens (tertiary/aromatic N) is 4. The lowest BCUT2D eigenvalue weighted by Crippen LogP contribution is -2.00. The second kappa shape index (κ2) is 6.71. The largest absolute Gasteiger partial charge is 0.383 e. The molecule has 3 aromatic rings. The van der Waals surface area contributed by atoms with Gasteiger partial charge < -0.3 is 5.73 Å². The van der Waals surface area contributed by atoms with E-state index in [2.05, 4.69) is 4.98 Å². The van der Waals surface area contributed by atoms with Crippen LogP contribution in [0.5, 0.6) is 0 Å². The summed E-state index contributed by atoms with van der Waals surface area (Å²) in [6.07, 6.45) is 0. The number of aromatic nitrogens is 1. The first kappa shape index (κ1) is 16.6. The lowest BCUT2D eigenvalue weighted by molar-refractivity contribution is -0.384. The third kappa shape index (κ3) is 3.05. The van der Waals surface area contributed by atoms with Gasteiger partial charge in [-0.05, 0) is 23.8 Å². The molecule has 0 fully saturated rings. The zero-order valence-corrected chi connectivity index (χ0v) is 13.4. The zero-order valence-electron chi connectivity index (χ0n) is 13.4. The van der Waals surface area contributed by atoms with Crippen LogP contribution in [0.25, 0.3) is 22.4 Å². The van der Waals surface area contributed by atoms with E-state index in [0.29, 0.717) is 27.9 Å². The molecular formula is C19H11N5O2. The van der Waals surface area contributed by atoms with Gasteiger partial charge in [0, 0.05) is 23.3 Å². The van der Waals surface area contributed by atoms with Crippen molar-refractivity contribution < 1.29 is 4.92 Å². The van der Waals surface area contributed by atoms with Crippen LogP contribution >= 0.6 is 0 Å². The number of nitro benzene ring substituents is 1. The fourth-order valence-electron chi connectivity index (χ4n) is 2.56. The highest BCUT2D eigenvalue weighted by atomic mass is 16.6. The third-order valence-electron chi connectivity index (χ3n) is 3.84. The Morgan fingerprint density at radius 1 is 1.00 bits per heavy atom. The van der Waals surface area contributed by atoms with Gasteiger partial charge in [-0.25, -0.2) is 4.98 Å². The molecule has 0 aliphatic heterocycles. The van der Waals surface area contributed by atoms with Crippen molar-refractivity contribution >= 4 is 11.5 Å². The number of nitrogen functional groups attached to an aromatic ring is 1. The Morgan fingerprint density at radius 3 is 2.35 bits per heavy atom. The third-order valence-corrected chi connectivity index (χ3v) is 3.84. The second-order valence-corrected chi connectivity index (χ2v) is 5.42. The van der Waals surface area contributed by atoms with Crippen LogP contribution in [0.1, 0.15) is 11.1 Å². The van der Waals surface area contributed by atoms with E-state index in [1.165, 1.54) is 12.1 Å². The minimum atomic E-state index is -0.498. The normalized spacial score (nSPS) is 9.92. The van der Waals surface area contributed by atoms with Gasteiger partial charge in [0.1, 0.15) is 17.5 Å². The van der Waals surface area contributed by atoms with Crippen LogP contribution in [0.4, 0.5) is 11.5 Å². The molecule has 0 bridgehead atoms. The molecule has 1 aromatic heterocycles. The van der Waals surface area contributed by atoms with Crippen LogP contribution in [0.15, 0.2) is 54.6 Å². The molecule has 0 atom stereocenters. The van der Waals surface area contributed by atoms with Crippen molar-refractivity contribution in [1.82, 2.24) is 4.98 Å². The SMILES string of the molecule is N#Cc1ccc(-c2cc(-c3cccc([N+](=O)[O-])c3)c(C#N)c(N)n2)cc1. The Kier molecular flexibility index (Phi) is 4.29. The molecule has 3 rings (SSSR count). The molecule has 1 heterocycles. The smallest absolute Gasteiger partial charge is 0.270 e. The van der Waals surface area contributed by atoms with Gasteiger partial charge in [0.05, 0.1) is 22.2 Å².